The Bertz CT molecular complexity index is 1500. The Hall–Kier alpha value is -4.45. The molecule has 4 aromatic heterocycles. The molecule has 5 aromatic rings. The van der Waals surface area contributed by atoms with Crippen LogP contribution in [0.2, 0.25) is 0 Å². The molecule has 1 saturated heterocycles. The molecule has 0 radical (unpaired) electrons. The van der Waals surface area contributed by atoms with Crippen LogP contribution in [-0.4, -0.2) is 72.7 Å². The van der Waals surface area contributed by atoms with Gasteiger partial charge in [-0.3, -0.25) is 9.69 Å². The number of anilines is 2. The molecule has 0 unspecified atom stereocenters. The third-order valence-electron chi connectivity index (χ3n) is 6.35. The molecule has 4 N–H and O–H groups in total. The summed E-state index contributed by atoms with van der Waals surface area (Å²) in [6.07, 6.45) is 3.35. The van der Waals surface area contributed by atoms with Gasteiger partial charge in [0, 0.05) is 50.5 Å². The first kappa shape index (κ1) is 21.1. The minimum absolute atomic E-state index is 0.246. The number of imidazole rings is 1. The van der Waals surface area contributed by atoms with Crippen molar-refractivity contribution in [1.82, 2.24) is 34.0 Å². The van der Waals surface area contributed by atoms with Gasteiger partial charge in [-0.1, -0.05) is 0 Å². The first-order valence-corrected chi connectivity index (χ1v) is 11.3. The number of benzene rings is 1. The molecule has 12 nitrogen and oxygen atoms in total. The van der Waals surface area contributed by atoms with Crippen LogP contribution in [-0.2, 0) is 6.54 Å². The Morgan fingerprint density at radius 2 is 1.80 bits per heavy atom. The number of aromatic nitrogens is 6. The highest BCUT2D eigenvalue weighted by Crippen LogP contribution is 2.23. The van der Waals surface area contributed by atoms with E-state index in [1.165, 1.54) is 4.52 Å². The van der Waals surface area contributed by atoms with Crippen molar-refractivity contribution in [3.8, 4) is 11.6 Å². The summed E-state index contributed by atoms with van der Waals surface area (Å²) in [5, 5.41) is 4.42. The zero-order valence-corrected chi connectivity index (χ0v) is 18.9. The number of carbonyl (C=O) groups is 1. The fourth-order valence-corrected chi connectivity index (χ4v) is 4.42. The van der Waals surface area contributed by atoms with E-state index in [1.54, 1.807) is 36.9 Å². The summed E-state index contributed by atoms with van der Waals surface area (Å²) in [4.78, 5) is 29.7. The normalized spacial score (nSPS) is 14.8. The zero-order chi connectivity index (χ0) is 23.9. The molecule has 0 spiro atoms. The highest BCUT2D eigenvalue weighted by molar-refractivity contribution is 5.93. The average molecular weight is 473 g/mol. The fraction of sp³-hybridized carbons (Fsp3) is 0.261. The molecule has 5 heterocycles. The second-order valence-corrected chi connectivity index (χ2v) is 8.47. The lowest BCUT2D eigenvalue weighted by Gasteiger charge is -2.36. The molecular weight excluding hydrogens is 448 g/mol. The summed E-state index contributed by atoms with van der Waals surface area (Å²) in [6.45, 7) is 5.26. The number of carbonyl (C=O) groups excluding carboxylic acids is 1. The minimum atomic E-state index is -0.410. The van der Waals surface area contributed by atoms with Crippen LogP contribution in [0.25, 0.3) is 28.4 Å². The monoisotopic (exact) mass is 472 g/mol. The number of hydrogen-bond acceptors (Lipinski definition) is 9. The number of furan rings is 1. The summed E-state index contributed by atoms with van der Waals surface area (Å²) in [5.74, 6) is 0.833. The zero-order valence-electron chi connectivity index (χ0n) is 18.9. The second-order valence-electron chi connectivity index (χ2n) is 8.47. The number of piperazine rings is 1. The molecule has 0 atom stereocenters. The van der Waals surface area contributed by atoms with Crippen LogP contribution in [0.3, 0.4) is 0 Å². The van der Waals surface area contributed by atoms with E-state index in [0.717, 1.165) is 45.0 Å². The van der Waals surface area contributed by atoms with Crippen molar-refractivity contribution in [3.05, 3.63) is 54.6 Å². The van der Waals surface area contributed by atoms with Crippen LogP contribution in [0, 0.1) is 0 Å². The van der Waals surface area contributed by atoms with Gasteiger partial charge < -0.3 is 25.4 Å². The molecular formula is C23H24N10O2. The molecule has 0 bridgehead atoms. The number of primary amides is 1. The summed E-state index contributed by atoms with van der Waals surface area (Å²) in [7, 11) is 0. The van der Waals surface area contributed by atoms with E-state index in [4.69, 9.17) is 15.9 Å². The standard InChI is InChI=1S/C23H24N10O2/c24-19(34)15-3-5-16(6-4-15)31-10-7-30(8-11-31)9-12-32-14-26-18-21(32)28-23(25)33-22(18)27-20(29-33)17-2-1-13-35-17/h1-6,13-14H,7-12H2,(H2,24,34)(H2,25,28). The van der Waals surface area contributed by atoms with Gasteiger partial charge in [0.05, 0.1) is 12.6 Å². The Kier molecular flexibility index (Phi) is 5.07. The average Bonchev–Trinajstić information content (AvgIpc) is 3.63. The van der Waals surface area contributed by atoms with Gasteiger partial charge in [-0.25, -0.2) is 9.97 Å². The third kappa shape index (κ3) is 3.83. The van der Waals surface area contributed by atoms with E-state index in [-0.39, 0.29) is 5.95 Å². The van der Waals surface area contributed by atoms with E-state index in [2.05, 4.69) is 29.9 Å². The topological polar surface area (TPSA) is 150 Å². The highest BCUT2D eigenvalue weighted by Gasteiger charge is 2.20. The summed E-state index contributed by atoms with van der Waals surface area (Å²) < 4.78 is 8.90. The lowest BCUT2D eigenvalue weighted by atomic mass is 10.1. The summed E-state index contributed by atoms with van der Waals surface area (Å²) in [5.41, 5.74) is 15.0. The van der Waals surface area contributed by atoms with Gasteiger partial charge >= 0.3 is 0 Å². The smallest absolute Gasteiger partial charge is 0.248 e. The molecule has 1 fully saturated rings. The van der Waals surface area contributed by atoms with E-state index in [1.807, 2.05) is 16.7 Å². The van der Waals surface area contributed by atoms with Crippen molar-refractivity contribution in [3.63, 3.8) is 0 Å². The number of nitrogens with two attached hydrogens (primary N) is 2. The molecule has 1 aliphatic heterocycles. The number of nitrogens with zero attached hydrogens (tertiary/aromatic N) is 8. The number of nitrogen functional groups attached to an aromatic ring is 1. The predicted octanol–water partition coefficient (Wildman–Crippen LogP) is 1.24. The van der Waals surface area contributed by atoms with Gasteiger partial charge in [0.25, 0.3) is 0 Å². The lowest BCUT2D eigenvalue weighted by molar-refractivity contribution is 0.100. The highest BCUT2D eigenvalue weighted by atomic mass is 16.3. The molecule has 1 aromatic carbocycles. The van der Waals surface area contributed by atoms with Crippen molar-refractivity contribution in [2.45, 2.75) is 6.54 Å². The van der Waals surface area contributed by atoms with E-state index < -0.39 is 5.91 Å². The minimum Gasteiger partial charge on any atom is -0.461 e. The van der Waals surface area contributed by atoms with Crippen LogP contribution >= 0.6 is 0 Å². The summed E-state index contributed by atoms with van der Waals surface area (Å²) >= 11 is 0. The van der Waals surface area contributed by atoms with Crippen LogP contribution in [0.5, 0.6) is 0 Å². The number of rotatable bonds is 6. The molecule has 6 rings (SSSR count). The third-order valence-corrected chi connectivity index (χ3v) is 6.35. The van der Waals surface area contributed by atoms with Gasteiger partial charge in [-0.05, 0) is 36.4 Å². The Morgan fingerprint density at radius 3 is 2.51 bits per heavy atom. The van der Waals surface area contributed by atoms with E-state index in [9.17, 15) is 4.79 Å². The fourth-order valence-electron chi connectivity index (χ4n) is 4.42. The molecule has 0 saturated carbocycles. The maximum absolute atomic E-state index is 11.3. The SMILES string of the molecule is NC(=O)c1ccc(N2CCN(CCn3cnc4c3nc(N)n3nc(-c5ccco5)nc43)CC2)cc1. The Morgan fingerprint density at radius 1 is 1.00 bits per heavy atom. The van der Waals surface area contributed by atoms with Crippen molar-refractivity contribution in [2.24, 2.45) is 5.73 Å². The largest absolute Gasteiger partial charge is 0.461 e. The van der Waals surface area contributed by atoms with Gasteiger partial charge in [0.15, 0.2) is 22.6 Å². The first-order chi connectivity index (χ1) is 17.1. The van der Waals surface area contributed by atoms with Crippen molar-refractivity contribution in [1.29, 1.82) is 0 Å². The number of fused-ring (bicyclic) bond motifs is 3. The van der Waals surface area contributed by atoms with Gasteiger partial charge in [0.2, 0.25) is 17.7 Å². The van der Waals surface area contributed by atoms with Gasteiger partial charge in [-0.2, -0.15) is 9.50 Å². The lowest BCUT2D eigenvalue weighted by Crippen LogP contribution is -2.47. The van der Waals surface area contributed by atoms with E-state index in [0.29, 0.717) is 34.0 Å². The van der Waals surface area contributed by atoms with Crippen LogP contribution in [0.4, 0.5) is 11.6 Å². The Labute approximate surface area is 199 Å². The number of hydrogen-bond donors (Lipinski definition) is 2. The maximum Gasteiger partial charge on any atom is 0.248 e. The molecule has 1 amide bonds. The molecule has 12 heteroatoms. The van der Waals surface area contributed by atoms with Crippen molar-refractivity contribution >= 4 is 34.4 Å². The second kappa shape index (κ2) is 8.40. The predicted molar refractivity (Wildman–Crippen MR) is 130 cm³/mol. The molecule has 35 heavy (non-hydrogen) atoms. The maximum atomic E-state index is 11.3. The van der Waals surface area contributed by atoms with Crippen molar-refractivity contribution in [2.75, 3.05) is 43.4 Å². The van der Waals surface area contributed by atoms with Gasteiger partial charge in [0.1, 0.15) is 0 Å². The van der Waals surface area contributed by atoms with Crippen LogP contribution < -0.4 is 16.4 Å². The number of amides is 1. The van der Waals surface area contributed by atoms with E-state index >= 15 is 0 Å². The molecule has 1 aliphatic rings. The quantitative estimate of drug-likeness (QED) is 0.372. The molecule has 178 valence electrons. The Balaban J connectivity index is 1.14. The van der Waals surface area contributed by atoms with Gasteiger partial charge in [-0.15, -0.1) is 5.10 Å². The molecule has 0 aliphatic carbocycles. The first-order valence-electron chi connectivity index (χ1n) is 11.3. The summed E-state index contributed by atoms with van der Waals surface area (Å²) in [6, 6.07) is 11.0. The van der Waals surface area contributed by atoms with Crippen LogP contribution in [0.1, 0.15) is 10.4 Å². The van der Waals surface area contributed by atoms with Crippen LogP contribution in [0.15, 0.2) is 53.4 Å². The van der Waals surface area contributed by atoms with Crippen molar-refractivity contribution < 1.29 is 9.21 Å².